The van der Waals surface area contributed by atoms with Crippen molar-refractivity contribution < 1.29 is 33.4 Å². The lowest BCUT2D eigenvalue weighted by molar-refractivity contribution is -0.113. The highest BCUT2D eigenvalue weighted by Crippen LogP contribution is 2.32. The van der Waals surface area contributed by atoms with Gasteiger partial charge in [-0.3, -0.25) is 4.79 Å². The van der Waals surface area contributed by atoms with Crippen LogP contribution in [0.3, 0.4) is 0 Å². The van der Waals surface area contributed by atoms with Crippen molar-refractivity contribution in [1.29, 1.82) is 0 Å². The number of thioether (sulfide) groups is 1. The Bertz CT molecular complexity index is 952. The van der Waals surface area contributed by atoms with Gasteiger partial charge in [-0.2, -0.15) is 0 Å². The first-order valence-electron chi connectivity index (χ1n) is 8.02. The molecule has 2 aromatic carbocycles. The largest absolute Gasteiger partial charge is 0.465 e. The molecule has 0 aromatic heterocycles. The summed E-state index contributed by atoms with van der Waals surface area (Å²) < 4.78 is 14.6. The molecule has 0 bridgehead atoms. The normalized spacial score (nSPS) is 12.4. The summed E-state index contributed by atoms with van der Waals surface area (Å²) in [6.45, 7) is 0. The van der Waals surface area contributed by atoms with E-state index in [9.17, 15) is 19.2 Å². The van der Waals surface area contributed by atoms with Gasteiger partial charge in [0.05, 0.1) is 42.4 Å². The minimum atomic E-state index is -0.717. The second kappa shape index (κ2) is 8.13. The fourth-order valence-electron chi connectivity index (χ4n) is 2.51. The predicted octanol–water partition coefficient (Wildman–Crippen LogP) is 2.52. The molecule has 2 aromatic rings. The zero-order valence-electron chi connectivity index (χ0n) is 14.9. The number of rotatable bonds is 4. The molecule has 1 amide bonds. The smallest absolute Gasteiger partial charge is 0.343 e. The molecule has 0 fully saturated rings. The van der Waals surface area contributed by atoms with Crippen molar-refractivity contribution in [2.45, 2.75) is 4.90 Å². The average Bonchev–Trinajstić information content (AvgIpc) is 2.71. The van der Waals surface area contributed by atoms with Crippen LogP contribution < -0.4 is 10.1 Å². The van der Waals surface area contributed by atoms with E-state index >= 15 is 0 Å². The second-order valence-electron chi connectivity index (χ2n) is 5.67. The van der Waals surface area contributed by atoms with Gasteiger partial charge in [0.15, 0.2) is 0 Å². The molecule has 1 aliphatic rings. The van der Waals surface area contributed by atoms with Gasteiger partial charge in [-0.25, -0.2) is 14.4 Å². The molecule has 0 aliphatic carbocycles. The standard InChI is InChI=1S/C19H15NO7S/c1-25-17(22)11-5-12(18(23)26-2)7-13(6-11)27-19(24)10-3-4-15-14(8-10)20-16(21)9-28-15/h3-8H,9H2,1-2H3,(H,20,21). The minimum absolute atomic E-state index is 0.0237. The summed E-state index contributed by atoms with van der Waals surface area (Å²) >= 11 is 1.37. The molecule has 1 aliphatic heterocycles. The highest BCUT2D eigenvalue weighted by atomic mass is 32.2. The first-order valence-corrected chi connectivity index (χ1v) is 9.00. The lowest BCUT2D eigenvalue weighted by atomic mass is 10.1. The molecule has 1 N–H and O–H groups in total. The Morgan fingerprint density at radius 1 is 0.893 bits per heavy atom. The van der Waals surface area contributed by atoms with Crippen LogP contribution in [0.25, 0.3) is 0 Å². The summed E-state index contributed by atoms with van der Waals surface area (Å²) in [5, 5.41) is 2.69. The molecule has 144 valence electrons. The summed E-state index contributed by atoms with van der Waals surface area (Å²) in [5.41, 5.74) is 0.781. The molecule has 1 heterocycles. The SMILES string of the molecule is COC(=O)c1cc(OC(=O)c2ccc3c(c2)NC(=O)CS3)cc(C(=O)OC)c1. The van der Waals surface area contributed by atoms with Gasteiger partial charge in [-0.1, -0.05) is 0 Å². The summed E-state index contributed by atoms with van der Waals surface area (Å²) in [4.78, 5) is 48.5. The van der Waals surface area contributed by atoms with Gasteiger partial charge in [-0.05, 0) is 36.4 Å². The Balaban J connectivity index is 1.89. The molecule has 0 radical (unpaired) electrons. The number of nitrogens with one attached hydrogen (secondary N) is 1. The van der Waals surface area contributed by atoms with Crippen LogP contribution in [0.2, 0.25) is 0 Å². The molecular weight excluding hydrogens is 386 g/mol. The number of fused-ring (bicyclic) bond motifs is 1. The van der Waals surface area contributed by atoms with E-state index in [-0.39, 0.29) is 28.3 Å². The molecule has 3 rings (SSSR count). The molecule has 0 spiro atoms. The zero-order valence-corrected chi connectivity index (χ0v) is 15.8. The molecule has 0 saturated heterocycles. The third-order valence-corrected chi connectivity index (χ3v) is 4.88. The van der Waals surface area contributed by atoms with Crippen molar-refractivity contribution in [3.05, 3.63) is 53.1 Å². The van der Waals surface area contributed by atoms with Crippen LogP contribution in [0.15, 0.2) is 41.3 Å². The van der Waals surface area contributed by atoms with Crippen LogP contribution in [-0.4, -0.2) is 43.8 Å². The van der Waals surface area contributed by atoms with Crippen molar-refractivity contribution in [2.24, 2.45) is 0 Å². The third-order valence-electron chi connectivity index (χ3n) is 3.81. The summed E-state index contributed by atoms with van der Waals surface area (Å²) in [6, 6.07) is 8.63. The van der Waals surface area contributed by atoms with Crippen molar-refractivity contribution in [3.63, 3.8) is 0 Å². The van der Waals surface area contributed by atoms with Gasteiger partial charge in [0.2, 0.25) is 5.91 Å². The third kappa shape index (κ3) is 4.15. The van der Waals surface area contributed by atoms with Crippen molar-refractivity contribution >= 4 is 41.3 Å². The number of esters is 3. The van der Waals surface area contributed by atoms with Gasteiger partial charge in [-0.15, -0.1) is 11.8 Å². The van der Waals surface area contributed by atoms with E-state index < -0.39 is 17.9 Å². The number of methoxy groups -OCH3 is 2. The molecule has 9 heteroatoms. The Hall–Kier alpha value is -3.33. The van der Waals surface area contributed by atoms with E-state index in [0.717, 1.165) is 4.90 Å². The molecule has 28 heavy (non-hydrogen) atoms. The van der Waals surface area contributed by atoms with Gasteiger partial charge in [0.1, 0.15) is 5.75 Å². The van der Waals surface area contributed by atoms with Gasteiger partial charge >= 0.3 is 17.9 Å². The van der Waals surface area contributed by atoms with Gasteiger partial charge in [0, 0.05) is 4.90 Å². The van der Waals surface area contributed by atoms with E-state index in [0.29, 0.717) is 11.4 Å². The van der Waals surface area contributed by atoms with Crippen molar-refractivity contribution in [2.75, 3.05) is 25.3 Å². The second-order valence-corrected chi connectivity index (χ2v) is 6.68. The quantitative estimate of drug-likeness (QED) is 0.615. The number of ether oxygens (including phenoxy) is 3. The molecule has 8 nitrogen and oxygen atoms in total. The van der Waals surface area contributed by atoms with Gasteiger partial charge in [0.25, 0.3) is 0 Å². The highest BCUT2D eigenvalue weighted by molar-refractivity contribution is 8.00. The first kappa shape index (κ1) is 19.4. The first-order chi connectivity index (χ1) is 13.4. The maximum Gasteiger partial charge on any atom is 0.343 e. The van der Waals surface area contributed by atoms with Crippen molar-refractivity contribution in [1.82, 2.24) is 0 Å². The van der Waals surface area contributed by atoms with Crippen LogP contribution in [-0.2, 0) is 14.3 Å². The Kier molecular flexibility index (Phi) is 5.65. The number of carbonyl (C=O) groups is 4. The van der Waals surface area contributed by atoms with E-state index in [1.54, 1.807) is 12.1 Å². The molecule has 0 unspecified atom stereocenters. The minimum Gasteiger partial charge on any atom is -0.465 e. The highest BCUT2D eigenvalue weighted by Gasteiger charge is 2.20. The molecule has 0 atom stereocenters. The number of benzene rings is 2. The van der Waals surface area contributed by atoms with Crippen LogP contribution in [0.1, 0.15) is 31.1 Å². The maximum absolute atomic E-state index is 12.5. The van der Waals surface area contributed by atoms with E-state index in [4.69, 9.17) is 4.74 Å². The van der Waals surface area contributed by atoms with Crippen LogP contribution in [0.4, 0.5) is 5.69 Å². The summed E-state index contributed by atoms with van der Waals surface area (Å²) in [7, 11) is 2.39. The topological polar surface area (TPSA) is 108 Å². The maximum atomic E-state index is 12.5. The lowest BCUT2D eigenvalue weighted by Crippen LogP contribution is -2.19. The lowest BCUT2D eigenvalue weighted by Gasteiger charge is -2.16. The molecule has 0 saturated carbocycles. The van der Waals surface area contributed by atoms with Crippen molar-refractivity contribution in [3.8, 4) is 5.75 Å². The fourth-order valence-corrected chi connectivity index (χ4v) is 3.29. The number of amides is 1. The number of anilines is 1. The average molecular weight is 401 g/mol. The number of hydrogen-bond acceptors (Lipinski definition) is 8. The van der Waals surface area contributed by atoms with E-state index in [2.05, 4.69) is 14.8 Å². The number of carbonyl (C=O) groups excluding carboxylic acids is 4. The Labute approximate surface area is 164 Å². The van der Waals surface area contributed by atoms with E-state index in [1.807, 2.05) is 0 Å². The van der Waals surface area contributed by atoms with Crippen LogP contribution in [0, 0.1) is 0 Å². The molecular formula is C19H15NO7S. The monoisotopic (exact) mass is 401 g/mol. The zero-order chi connectivity index (χ0) is 20.3. The predicted molar refractivity (Wildman–Crippen MR) is 99.9 cm³/mol. The van der Waals surface area contributed by atoms with Crippen LogP contribution >= 0.6 is 11.8 Å². The Morgan fingerprint density at radius 3 is 2.14 bits per heavy atom. The van der Waals surface area contributed by atoms with Crippen LogP contribution in [0.5, 0.6) is 5.75 Å². The summed E-state index contributed by atoms with van der Waals surface area (Å²) in [5.74, 6) is -1.98. The van der Waals surface area contributed by atoms with Gasteiger partial charge < -0.3 is 19.5 Å². The fraction of sp³-hybridized carbons (Fsp3) is 0.158. The van der Waals surface area contributed by atoms with E-state index in [1.165, 1.54) is 50.2 Å². The summed E-state index contributed by atoms with van der Waals surface area (Å²) in [6.07, 6.45) is 0. The number of hydrogen-bond donors (Lipinski definition) is 1. The Morgan fingerprint density at radius 2 is 1.54 bits per heavy atom.